The third-order valence-corrected chi connectivity index (χ3v) is 13.7. The molecule has 4 aromatic carbocycles. The smallest absolute Gasteiger partial charge is 0.164 e. The number of aromatic amines is 2. The second-order valence-electron chi connectivity index (χ2n) is 18.9. The van der Waals surface area contributed by atoms with E-state index in [2.05, 4.69) is 77.8 Å². The summed E-state index contributed by atoms with van der Waals surface area (Å²) in [7, 11) is 0. The Kier molecular flexibility index (Phi) is 12.7. The van der Waals surface area contributed by atoms with E-state index in [4.69, 9.17) is 48.9 Å². The third-order valence-electron chi connectivity index (χ3n) is 13.7. The zero-order valence-electron chi connectivity index (χ0n) is 41.8. The molecule has 0 saturated carbocycles. The molecule has 11 aromatic rings. The van der Waals surface area contributed by atoms with Crippen molar-refractivity contribution in [2.24, 2.45) is 0 Å². The first-order chi connectivity index (χ1) is 37.6. The number of hydrogen-bond donors (Lipinski definition) is 2. The molecule has 16 nitrogen and oxygen atoms in total. The Morgan fingerprint density at radius 2 is 0.592 bits per heavy atom. The minimum atomic E-state index is 0.478. The predicted molar refractivity (Wildman–Crippen MR) is 294 cm³/mol. The molecule has 378 valence electrons. The van der Waals surface area contributed by atoms with Gasteiger partial charge in [-0.2, -0.15) is 0 Å². The zero-order chi connectivity index (χ0) is 50.6. The van der Waals surface area contributed by atoms with Crippen molar-refractivity contribution >= 4 is 44.1 Å². The molecule has 0 amide bonds. The Labute approximate surface area is 437 Å². The van der Waals surface area contributed by atoms with E-state index in [0.717, 1.165) is 107 Å². The van der Waals surface area contributed by atoms with Crippen LogP contribution in [0.1, 0.15) is 25.7 Å². The molecule has 0 atom stereocenters. The number of H-pyrrole nitrogens is 2. The van der Waals surface area contributed by atoms with Crippen molar-refractivity contribution in [2.45, 2.75) is 51.9 Å². The molecule has 0 radical (unpaired) electrons. The Hall–Kier alpha value is -9.44. The maximum atomic E-state index is 6.38. The quantitative estimate of drug-likeness (QED) is 0.0702. The molecule has 8 bridgehead atoms. The average molecular weight is 1010 g/mol. The van der Waals surface area contributed by atoms with E-state index in [1.165, 1.54) is 0 Å². The number of ether oxygens (including phenoxy) is 4. The highest BCUT2D eigenvalue weighted by Crippen LogP contribution is 2.40. The monoisotopic (exact) mass is 1010 g/mol. The number of aromatic nitrogens is 12. The lowest BCUT2D eigenvalue weighted by Crippen LogP contribution is -2.03. The number of nitrogens with zero attached hydrogens (tertiary/aromatic N) is 10. The first-order valence-corrected chi connectivity index (χ1v) is 25.9. The highest BCUT2D eigenvalue weighted by Gasteiger charge is 2.24. The number of rotatable bonds is 20. The average Bonchev–Trinajstić information content (AvgIpc) is 4.36. The van der Waals surface area contributed by atoms with E-state index in [1.54, 1.807) is 0 Å². The summed E-state index contributed by atoms with van der Waals surface area (Å²) in [5.41, 5.74) is 5.49. The van der Waals surface area contributed by atoms with Crippen LogP contribution >= 0.6 is 0 Å². The van der Waals surface area contributed by atoms with Gasteiger partial charge in [0.2, 0.25) is 0 Å². The van der Waals surface area contributed by atoms with E-state index >= 15 is 0 Å². The van der Waals surface area contributed by atoms with Crippen LogP contribution in [0.4, 0.5) is 0 Å². The number of hydrogen-bond acceptors (Lipinski definition) is 10. The summed E-state index contributed by atoms with van der Waals surface area (Å²) in [5.74, 6) is 4.80. The summed E-state index contributed by atoms with van der Waals surface area (Å²) in [6.45, 7) is 5.57. The van der Waals surface area contributed by atoms with Crippen LogP contribution in [0.2, 0.25) is 0 Å². The van der Waals surface area contributed by atoms with Crippen molar-refractivity contribution in [2.75, 3.05) is 26.4 Å². The first kappa shape index (κ1) is 46.4. The molecule has 0 aliphatic carbocycles. The molecular formula is C60H54N12O4. The summed E-state index contributed by atoms with van der Waals surface area (Å²) in [6, 6.07) is 40.3. The standard InChI is InChI=1S/C60H54N12O4/c1-2-22-69(21-1)29-9-33-73-41-13-17-45-49(37-41)57-61-53(45)66-58-51-39-43(75-35-11-31-71-25-5-6-26-71)15-19-47(51)55(63-58)68-60-52-40-44(76-36-12-32-72-27-7-8-28-72)16-20-48(52)56(64-60)67-59-50-38-42(14-18-46(50)54(62-59)65-57)74-34-10-30-70-23-3-4-24-70/h1-8,13-28,37-40H,9-12,29-36H2,(H2,61,62,63,64,65,66,67,68). The minimum Gasteiger partial charge on any atom is -0.494 e. The molecule has 7 aromatic heterocycles. The highest BCUT2D eigenvalue weighted by atomic mass is 16.5. The third kappa shape index (κ3) is 9.87. The summed E-state index contributed by atoms with van der Waals surface area (Å²) in [4.78, 5) is 38.8. The minimum absolute atomic E-state index is 0.478. The molecule has 2 N–H and O–H groups in total. The summed E-state index contributed by atoms with van der Waals surface area (Å²) in [5, 5.41) is 3.31. The van der Waals surface area contributed by atoms with Crippen molar-refractivity contribution in [3.8, 4) is 68.5 Å². The maximum absolute atomic E-state index is 6.38. The van der Waals surface area contributed by atoms with Gasteiger partial charge in [-0.15, -0.1) is 0 Å². The van der Waals surface area contributed by atoms with Crippen LogP contribution in [-0.4, -0.2) is 84.6 Å². The lowest BCUT2D eigenvalue weighted by molar-refractivity contribution is 0.302. The van der Waals surface area contributed by atoms with E-state index in [1.807, 2.05) is 121 Å². The van der Waals surface area contributed by atoms with Crippen LogP contribution in [-0.2, 0) is 26.2 Å². The van der Waals surface area contributed by atoms with E-state index < -0.39 is 0 Å². The second kappa shape index (κ2) is 20.8. The van der Waals surface area contributed by atoms with Gasteiger partial charge in [0.15, 0.2) is 23.3 Å². The van der Waals surface area contributed by atoms with E-state index in [-0.39, 0.29) is 0 Å². The Morgan fingerprint density at radius 1 is 0.303 bits per heavy atom. The summed E-state index contributed by atoms with van der Waals surface area (Å²) in [6.07, 6.45) is 19.9. The fourth-order valence-corrected chi connectivity index (χ4v) is 9.90. The van der Waals surface area contributed by atoms with Crippen molar-refractivity contribution < 1.29 is 18.9 Å². The van der Waals surface area contributed by atoms with Crippen molar-refractivity contribution in [1.82, 2.24) is 58.1 Å². The van der Waals surface area contributed by atoms with Gasteiger partial charge in [0.25, 0.3) is 0 Å². The van der Waals surface area contributed by atoms with Gasteiger partial charge in [0.1, 0.15) is 45.6 Å². The summed E-state index contributed by atoms with van der Waals surface area (Å²) < 4.78 is 34.1. The number of benzene rings is 4. The molecule has 76 heavy (non-hydrogen) atoms. The van der Waals surface area contributed by atoms with Crippen molar-refractivity contribution in [1.29, 1.82) is 0 Å². The first-order valence-electron chi connectivity index (χ1n) is 25.9. The summed E-state index contributed by atoms with van der Waals surface area (Å²) >= 11 is 0. The van der Waals surface area contributed by atoms with Gasteiger partial charge >= 0.3 is 0 Å². The van der Waals surface area contributed by atoms with Gasteiger partial charge in [-0.25, -0.2) is 29.9 Å². The van der Waals surface area contributed by atoms with Crippen LogP contribution in [0.3, 0.4) is 0 Å². The van der Waals surface area contributed by atoms with Gasteiger partial charge < -0.3 is 47.2 Å². The Balaban J connectivity index is 0.947. The van der Waals surface area contributed by atoms with Crippen LogP contribution in [0.5, 0.6) is 23.0 Å². The fourth-order valence-electron chi connectivity index (χ4n) is 9.90. The molecular weight excluding hydrogens is 953 g/mol. The fraction of sp³-hybridized carbons (Fsp3) is 0.200. The molecule has 9 heterocycles. The molecule has 2 aliphatic rings. The second-order valence-corrected chi connectivity index (χ2v) is 18.9. The van der Waals surface area contributed by atoms with Gasteiger partial charge in [-0.1, -0.05) is 0 Å². The number of nitrogens with one attached hydrogen (secondary N) is 2. The Morgan fingerprint density at radius 3 is 0.934 bits per heavy atom. The predicted octanol–water partition coefficient (Wildman–Crippen LogP) is 12.0. The highest BCUT2D eigenvalue weighted by molar-refractivity contribution is 6.07. The van der Waals surface area contributed by atoms with Crippen molar-refractivity contribution in [3.05, 3.63) is 171 Å². The zero-order valence-corrected chi connectivity index (χ0v) is 41.8. The topological polar surface area (TPSA) is 166 Å². The maximum Gasteiger partial charge on any atom is 0.164 e. The molecule has 0 unspecified atom stereocenters. The lowest BCUT2D eigenvalue weighted by atomic mass is 10.1. The SMILES string of the molecule is c1ccn(CCCOc2ccc3c(c2)-c2nc-3nc3[nH]c(nc4nc(nc5[nH]c(n2)c2ccc(OCCCn6cccc6)cc52)-c2ccc(OCCCn5cccc5)cc2-4)c2ccc(OCCCn4cccc4)cc32)c1. The molecule has 0 fully saturated rings. The molecule has 0 saturated heterocycles. The molecule has 13 rings (SSSR count). The van der Waals surface area contributed by atoms with Gasteiger partial charge in [-0.3, -0.25) is 0 Å². The van der Waals surface area contributed by atoms with Gasteiger partial charge in [0, 0.05) is 120 Å². The van der Waals surface area contributed by atoms with Crippen LogP contribution in [0.25, 0.3) is 89.7 Å². The van der Waals surface area contributed by atoms with E-state index in [0.29, 0.717) is 83.8 Å². The molecule has 0 spiro atoms. The lowest BCUT2D eigenvalue weighted by Gasteiger charge is -2.08. The molecule has 2 aliphatic heterocycles. The number of aryl methyl sites for hydroxylation is 4. The van der Waals surface area contributed by atoms with Gasteiger partial charge in [0.05, 0.1) is 26.4 Å². The van der Waals surface area contributed by atoms with E-state index in [9.17, 15) is 0 Å². The Bertz CT molecular complexity index is 3710. The van der Waals surface area contributed by atoms with Crippen molar-refractivity contribution in [3.63, 3.8) is 0 Å². The van der Waals surface area contributed by atoms with Gasteiger partial charge in [-0.05, 0) is 147 Å². The molecule has 16 heteroatoms. The van der Waals surface area contributed by atoms with Crippen LogP contribution < -0.4 is 18.9 Å². The largest absolute Gasteiger partial charge is 0.494 e. The number of fused-ring (bicyclic) bond motifs is 20. The normalized spacial score (nSPS) is 11.8. The van der Waals surface area contributed by atoms with Crippen LogP contribution in [0, 0.1) is 0 Å². The van der Waals surface area contributed by atoms with Crippen LogP contribution in [0.15, 0.2) is 171 Å².